The first-order valence-electron chi connectivity index (χ1n) is 10.3. The van der Waals surface area contributed by atoms with Gasteiger partial charge in [0.1, 0.15) is 0 Å². The number of para-hydroxylation sites is 1. The Hall–Kier alpha value is -2.83. The summed E-state index contributed by atoms with van der Waals surface area (Å²) in [5.41, 5.74) is 4.47. The molecule has 0 aliphatic carbocycles. The number of anilines is 2. The average molecular weight is 471 g/mol. The Labute approximate surface area is 195 Å². The number of hydrogen-bond donors (Lipinski definition) is 1. The monoisotopic (exact) mass is 470 g/mol. The van der Waals surface area contributed by atoms with Crippen LogP contribution in [0.3, 0.4) is 0 Å². The smallest absolute Gasteiger partial charge is 0.255 e. The highest BCUT2D eigenvalue weighted by Crippen LogP contribution is 2.29. The van der Waals surface area contributed by atoms with Crippen molar-refractivity contribution in [3.63, 3.8) is 0 Å². The van der Waals surface area contributed by atoms with Gasteiger partial charge in [0.2, 0.25) is 10.0 Å². The first-order chi connectivity index (χ1) is 15.1. The van der Waals surface area contributed by atoms with Gasteiger partial charge in [-0.25, -0.2) is 8.42 Å². The molecule has 0 aliphatic heterocycles. The zero-order chi connectivity index (χ0) is 23.5. The number of nitrogens with one attached hydrogen (secondary N) is 1. The van der Waals surface area contributed by atoms with Crippen molar-refractivity contribution in [1.82, 2.24) is 0 Å². The molecule has 0 radical (unpaired) electrons. The van der Waals surface area contributed by atoms with Gasteiger partial charge in [0.15, 0.2) is 0 Å². The molecule has 0 saturated heterocycles. The Balaban J connectivity index is 1.86. The van der Waals surface area contributed by atoms with E-state index in [1.54, 1.807) is 42.5 Å². The van der Waals surface area contributed by atoms with Crippen LogP contribution in [0, 0.1) is 6.92 Å². The number of sulfonamides is 1. The molecular weight excluding hydrogens is 444 g/mol. The lowest BCUT2D eigenvalue weighted by Crippen LogP contribution is -2.29. The van der Waals surface area contributed by atoms with Gasteiger partial charge in [0, 0.05) is 16.3 Å². The number of carbonyl (C=O) groups excluding carboxylic acids is 1. The van der Waals surface area contributed by atoms with Crippen LogP contribution in [0.5, 0.6) is 0 Å². The van der Waals surface area contributed by atoms with Gasteiger partial charge >= 0.3 is 0 Å². The van der Waals surface area contributed by atoms with E-state index in [0.29, 0.717) is 21.8 Å². The molecule has 7 heteroatoms. The first-order valence-corrected chi connectivity index (χ1v) is 12.5. The van der Waals surface area contributed by atoms with Gasteiger partial charge in [-0.2, -0.15) is 0 Å². The summed E-state index contributed by atoms with van der Waals surface area (Å²) in [5, 5.41) is 3.51. The largest absolute Gasteiger partial charge is 0.321 e. The number of benzene rings is 3. The van der Waals surface area contributed by atoms with Crippen LogP contribution >= 0.6 is 11.6 Å². The maximum Gasteiger partial charge on any atom is 0.255 e. The molecule has 1 amide bonds. The molecule has 3 rings (SSSR count). The molecule has 0 aliphatic rings. The lowest BCUT2D eigenvalue weighted by atomic mass is 9.98. The summed E-state index contributed by atoms with van der Waals surface area (Å²) < 4.78 is 26.2. The van der Waals surface area contributed by atoms with Gasteiger partial charge in [-0.3, -0.25) is 9.10 Å². The van der Waals surface area contributed by atoms with Crippen molar-refractivity contribution < 1.29 is 13.2 Å². The van der Waals surface area contributed by atoms with Gasteiger partial charge in [-0.15, -0.1) is 0 Å². The van der Waals surface area contributed by atoms with Gasteiger partial charge in [0.25, 0.3) is 5.91 Å². The Morgan fingerprint density at radius 2 is 1.66 bits per heavy atom. The zero-order valence-corrected chi connectivity index (χ0v) is 20.2. The predicted octanol–water partition coefficient (Wildman–Crippen LogP) is 5.99. The van der Waals surface area contributed by atoms with Crippen LogP contribution in [0.25, 0.3) is 0 Å². The van der Waals surface area contributed by atoms with E-state index >= 15 is 0 Å². The van der Waals surface area contributed by atoms with Crippen molar-refractivity contribution in [2.45, 2.75) is 33.2 Å². The number of hydrogen-bond acceptors (Lipinski definition) is 3. The van der Waals surface area contributed by atoms with Crippen LogP contribution in [0.15, 0.2) is 66.7 Å². The standard InChI is InChI=1S/C25H27ClN2O3S/c1-17(2)22-10-7-8-18(3)24(22)27-25(29)19-12-14-21(15-13-19)28(32(4,30)31)16-20-9-5-6-11-23(20)26/h5-15,17H,16H2,1-4H3,(H,27,29). The Bertz CT molecular complexity index is 1220. The van der Waals surface area contributed by atoms with Gasteiger partial charge in [-0.1, -0.05) is 61.8 Å². The van der Waals surface area contributed by atoms with E-state index in [1.807, 2.05) is 31.2 Å². The Morgan fingerprint density at radius 1 is 1.00 bits per heavy atom. The third-order valence-corrected chi connectivity index (χ3v) is 6.76. The van der Waals surface area contributed by atoms with Crippen molar-refractivity contribution in [3.8, 4) is 0 Å². The topological polar surface area (TPSA) is 66.5 Å². The van der Waals surface area contributed by atoms with E-state index in [0.717, 1.165) is 23.1 Å². The fraction of sp³-hybridized carbons (Fsp3) is 0.240. The van der Waals surface area contributed by atoms with E-state index in [4.69, 9.17) is 11.6 Å². The number of amides is 1. The number of nitrogens with zero attached hydrogens (tertiary/aromatic N) is 1. The number of rotatable bonds is 7. The van der Waals surface area contributed by atoms with Crippen molar-refractivity contribution in [2.24, 2.45) is 0 Å². The normalized spacial score (nSPS) is 11.4. The third-order valence-electron chi connectivity index (χ3n) is 5.26. The number of halogens is 1. The lowest BCUT2D eigenvalue weighted by molar-refractivity contribution is 0.102. The van der Waals surface area contributed by atoms with Gasteiger partial charge < -0.3 is 5.32 Å². The predicted molar refractivity (Wildman–Crippen MR) is 132 cm³/mol. The zero-order valence-electron chi connectivity index (χ0n) is 18.6. The summed E-state index contributed by atoms with van der Waals surface area (Å²) in [6.07, 6.45) is 1.15. The van der Waals surface area contributed by atoms with E-state index in [9.17, 15) is 13.2 Å². The third kappa shape index (κ3) is 5.50. The molecule has 5 nitrogen and oxygen atoms in total. The minimum atomic E-state index is -3.56. The van der Waals surface area contributed by atoms with Crippen LogP contribution in [0.2, 0.25) is 5.02 Å². The maximum absolute atomic E-state index is 12.9. The quantitative estimate of drug-likeness (QED) is 0.461. The summed E-state index contributed by atoms with van der Waals surface area (Å²) >= 11 is 6.22. The van der Waals surface area contributed by atoms with E-state index in [-0.39, 0.29) is 18.4 Å². The molecule has 0 spiro atoms. The summed E-state index contributed by atoms with van der Waals surface area (Å²) in [6.45, 7) is 6.23. The molecule has 1 N–H and O–H groups in total. The second kappa shape index (κ2) is 9.76. The van der Waals surface area contributed by atoms with E-state index in [2.05, 4.69) is 19.2 Å². The van der Waals surface area contributed by atoms with Crippen LogP contribution in [-0.4, -0.2) is 20.6 Å². The minimum absolute atomic E-state index is 0.102. The molecule has 0 aromatic heterocycles. The molecule has 3 aromatic carbocycles. The second-order valence-electron chi connectivity index (χ2n) is 8.06. The SMILES string of the molecule is Cc1cccc(C(C)C)c1NC(=O)c1ccc(N(Cc2ccccc2Cl)S(C)(=O)=O)cc1. The van der Waals surface area contributed by atoms with Gasteiger partial charge in [-0.05, 0) is 59.9 Å². The molecule has 168 valence electrons. The summed E-state index contributed by atoms with van der Waals surface area (Å²) in [5.74, 6) is 0.0189. The lowest BCUT2D eigenvalue weighted by Gasteiger charge is -2.23. The highest BCUT2D eigenvalue weighted by atomic mass is 35.5. The highest BCUT2D eigenvalue weighted by Gasteiger charge is 2.20. The Kier molecular flexibility index (Phi) is 7.26. The van der Waals surface area contributed by atoms with E-state index in [1.165, 1.54) is 4.31 Å². The molecule has 0 unspecified atom stereocenters. The molecule has 0 heterocycles. The maximum atomic E-state index is 12.9. The van der Waals surface area contributed by atoms with Crippen LogP contribution in [-0.2, 0) is 16.6 Å². The molecule has 32 heavy (non-hydrogen) atoms. The molecular formula is C25H27ClN2O3S. The van der Waals surface area contributed by atoms with E-state index < -0.39 is 10.0 Å². The van der Waals surface area contributed by atoms with Crippen LogP contribution in [0.4, 0.5) is 11.4 Å². The minimum Gasteiger partial charge on any atom is -0.321 e. The summed E-state index contributed by atoms with van der Waals surface area (Å²) in [4.78, 5) is 12.9. The molecule has 0 atom stereocenters. The molecule has 0 bridgehead atoms. The summed E-state index contributed by atoms with van der Waals surface area (Å²) in [7, 11) is -3.56. The van der Waals surface area contributed by atoms with Crippen molar-refractivity contribution in [2.75, 3.05) is 15.9 Å². The fourth-order valence-corrected chi connectivity index (χ4v) is 4.56. The van der Waals surface area contributed by atoms with Crippen molar-refractivity contribution >= 4 is 38.9 Å². The van der Waals surface area contributed by atoms with Crippen molar-refractivity contribution in [3.05, 3.63) is 94.0 Å². The Morgan fingerprint density at radius 3 is 2.25 bits per heavy atom. The second-order valence-corrected chi connectivity index (χ2v) is 10.4. The van der Waals surface area contributed by atoms with Crippen LogP contribution < -0.4 is 9.62 Å². The number of carbonyl (C=O) groups is 1. The summed E-state index contributed by atoms with van der Waals surface area (Å²) in [6, 6.07) is 19.6. The van der Waals surface area contributed by atoms with Crippen LogP contribution in [0.1, 0.15) is 46.8 Å². The van der Waals surface area contributed by atoms with Crippen molar-refractivity contribution in [1.29, 1.82) is 0 Å². The average Bonchev–Trinajstić information content (AvgIpc) is 2.73. The highest BCUT2D eigenvalue weighted by molar-refractivity contribution is 7.92. The molecule has 0 fully saturated rings. The molecule has 0 saturated carbocycles. The fourth-order valence-electron chi connectivity index (χ4n) is 3.49. The first kappa shape index (κ1) is 23.8. The molecule has 3 aromatic rings. The number of aryl methyl sites for hydroxylation is 1. The van der Waals surface area contributed by atoms with Gasteiger partial charge in [0.05, 0.1) is 18.5 Å².